The van der Waals surface area contributed by atoms with Crippen LogP contribution in [0, 0.1) is 0 Å². The molecule has 0 bridgehead atoms. The van der Waals surface area contributed by atoms with Gasteiger partial charge in [0, 0.05) is 44.5 Å². The van der Waals surface area contributed by atoms with Gasteiger partial charge in [0.2, 0.25) is 0 Å². The summed E-state index contributed by atoms with van der Waals surface area (Å²) in [7, 11) is 0. The van der Waals surface area contributed by atoms with E-state index in [1.54, 1.807) is 11.3 Å². The number of hydrogen-bond donors (Lipinski definition) is 0. The average Bonchev–Trinajstić information content (AvgIpc) is 3.75. The van der Waals surface area contributed by atoms with E-state index in [9.17, 15) is 0 Å². The zero-order valence-electron chi connectivity index (χ0n) is 26.5. The molecule has 8 aromatic carbocycles. The van der Waals surface area contributed by atoms with Gasteiger partial charge in [-0.15, -0.1) is 11.3 Å². The van der Waals surface area contributed by atoms with Gasteiger partial charge in [0.15, 0.2) is 0 Å². The highest BCUT2D eigenvalue weighted by molar-refractivity contribution is 7.22. The zero-order chi connectivity index (χ0) is 32.3. The lowest BCUT2D eigenvalue weighted by atomic mass is 10.0. The molecule has 0 radical (unpaired) electrons. The maximum Gasteiger partial charge on any atom is 0.124 e. The minimum absolute atomic E-state index is 1.04. The fourth-order valence-electron chi connectivity index (χ4n) is 7.33. The summed E-state index contributed by atoms with van der Waals surface area (Å²) in [5.74, 6) is 0. The molecule has 0 aliphatic rings. The van der Waals surface area contributed by atoms with E-state index in [-0.39, 0.29) is 0 Å². The average molecular weight is 644 g/mol. The van der Waals surface area contributed by atoms with Crippen molar-refractivity contribution in [3.05, 3.63) is 176 Å². The van der Waals surface area contributed by atoms with E-state index in [1.165, 1.54) is 48.1 Å². The molecule has 230 valence electrons. The van der Waals surface area contributed by atoms with Crippen LogP contribution in [0.3, 0.4) is 0 Å². The summed E-state index contributed by atoms with van der Waals surface area (Å²) in [5, 5.41) is 8.45. The molecular formula is C45H29N3S. The summed E-state index contributed by atoms with van der Waals surface area (Å²) in [4.78, 5) is 7.46. The Bertz CT molecular complexity index is 2820. The molecule has 0 aliphatic heterocycles. The molecule has 10 aromatic rings. The number of fused-ring (bicyclic) bond motifs is 8. The van der Waals surface area contributed by atoms with E-state index in [1.807, 2.05) is 0 Å². The van der Waals surface area contributed by atoms with Gasteiger partial charge in [-0.1, -0.05) is 115 Å². The van der Waals surface area contributed by atoms with E-state index >= 15 is 0 Å². The minimum Gasteiger partial charge on any atom is -0.310 e. The van der Waals surface area contributed by atoms with Gasteiger partial charge >= 0.3 is 0 Å². The Kier molecular flexibility index (Phi) is 6.36. The fourth-order valence-corrected chi connectivity index (χ4v) is 8.47. The van der Waals surface area contributed by atoms with Crippen LogP contribution in [0.15, 0.2) is 176 Å². The van der Waals surface area contributed by atoms with Gasteiger partial charge in [0.1, 0.15) is 5.01 Å². The van der Waals surface area contributed by atoms with Crippen molar-refractivity contribution in [1.29, 1.82) is 0 Å². The number of thiazole rings is 1. The topological polar surface area (TPSA) is 21.1 Å². The summed E-state index contributed by atoms with van der Waals surface area (Å²) in [6.07, 6.45) is 0. The third kappa shape index (κ3) is 4.53. The van der Waals surface area contributed by atoms with Gasteiger partial charge in [-0.3, -0.25) is 0 Å². The SMILES string of the molecule is c1ccc(-c2nc3ccc4ccc5ccc(N(c6ccccc6)c6ccc7c8ccccc8n(-c8ccccc8)c7c6)cc5c4c3s2)cc1. The second-order valence-electron chi connectivity index (χ2n) is 12.4. The smallest absolute Gasteiger partial charge is 0.124 e. The van der Waals surface area contributed by atoms with Crippen molar-refractivity contribution in [3.8, 4) is 16.3 Å². The number of aromatic nitrogens is 2. The van der Waals surface area contributed by atoms with Crippen LogP contribution in [0.25, 0.3) is 69.8 Å². The predicted molar refractivity (Wildman–Crippen MR) is 209 cm³/mol. The maximum atomic E-state index is 5.08. The predicted octanol–water partition coefficient (Wildman–Crippen LogP) is 12.8. The normalized spacial score (nSPS) is 11.7. The van der Waals surface area contributed by atoms with Crippen molar-refractivity contribution in [1.82, 2.24) is 9.55 Å². The molecule has 0 fully saturated rings. The third-order valence-corrected chi connectivity index (χ3v) is 10.7. The van der Waals surface area contributed by atoms with Gasteiger partial charge in [-0.25, -0.2) is 4.98 Å². The van der Waals surface area contributed by atoms with E-state index in [2.05, 4.69) is 185 Å². The molecule has 2 aromatic heterocycles. The fraction of sp³-hybridized carbons (Fsp3) is 0. The lowest BCUT2D eigenvalue weighted by Crippen LogP contribution is -2.10. The lowest BCUT2D eigenvalue weighted by Gasteiger charge is -2.26. The van der Waals surface area contributed by atoms with E-state index in [0.29, 0.717) is 0 Å². The first kappa shape index (κ1) is 27.8. The highest BCUT2D eigenvalue weighted by Crippen LogP contribution is 2.43. The van der Waals surface area contributed by atoms with Crippen LogP contribution >= 0.6 is 11.3 Å². The van der Waals surface area contributed by atoms with E-state index in [0.717, 1.165) is 38.8 Å². The number of nitrogens with zero attached hydrogens (tertiary/aromatic N) is 3. The molecule has 2 heterocycles. The van der Waals surface area contributed by atoms with Crippen LogP contribution < -0.4 is 4.90 Å². The van der Waals surface area contributed by atoms with Crippen molar-refractivity contribution in [2.24, 2.45) is 0 Å². The standard InChI is InChI=1S/C45H29N3S/c1-4-12-32(13-5-1)45-46-40-27-23-31-21-20-30-22-24-35(28-39(30)43(31)44(40)49-45)47(33-14-6-2-7-15-33)36-25-26-38-37-18-10-11-19-41(37)48(42(38)29-36)34-16-8-3-9-17-34/h1-29H. The Morgan fingerprint density at radius 3 is 1.94 bits per heavy atom. The number of rotatable bonds is 5. The molecule has 10 rings (SSSR count). The van der Waals surface area contributed by atoms with Crippen LogP contribution in [0.2, 0.25) is 0 Å². The van der Waals surface area contributed by atoms with Gasteiger partial charge < -0.3 is 9.47 Å². The van der Waals surface area contributed by atoms with Crippen LogP contribution in [-0.2, 0) is 0 Å². The minimum atomic E-state index is 1.04. The summed E-state index contributed by atoms with van der Waals surface area (Å²) in [5.41, 5.74) is 9.04. The Labute approximate surface area is 287 Å². The summed E-state index contributed by atoms with van der Waals surface area (Å²) >= 11 is 1.78. The van der Waals surface area contributed by atoms with Crippen LogP contribution in [0.1, 0.15) is 0 Å². The van der Waals surface area contributed by atoms with Crippen molar-refractivity contribution in [2.45, 2.75) is 0 Å². The first-order chi connectivity index (χ1) is 24.3. The molecule has 0 amide bonds. The molecule has 49 heavy (non-hydrogen) atoms. The Morgan fingerprint density at radius 1 is 0.469 bits per heavy atom. The largest absolute Gasteiger partial charge is 0.310 e. The van der Waals surface area contributed by atoms with E-state index in [4.69, 9.17) is 4.98 Å². The van der Waals surface area contributed by atoms with Crippen LogP contribution in [-0.4, -0.2) is 9.55 Å². The second-order valence-corrected chi connectivity index (χ2v) is 13.4. The monoisotopic (exact) mass is 643 g/mol. The molecule has 4 heteroatoms. The van der Waals surface area contributed by atoms with Crippen molar-refractivity contribution in [2.75, 3.05) is 4.90 Å². The summed E-state index contributed by atoms with van der Waals surface area (Å²) < 4.78 is 3.61. The number of benzene rings is 8. The Morgan fingerprint density at radius 2 is 1.10 bits per heavy atom. The first-order valence-electron chi connectivity index (χ1n) is 16.6. The highest BCUT2D eigenvalue weighted by atomic mass is 32.1. The molecule has 0 N–H and O–H groups in total. The molecule has 0 spiro atoms. The maximum absolute atomic E-state index is 5.08. The quantitative estimate of drug-likeness (QED) is 0.174. The molecule has 0 atom stereocenters. The third-order valence-electron chi connectivity index (χ3n) is 9.56. The van der Waals surface area contributed by atoms with Crippen molar-refractivity contribution < 1.29 is 0 Å². The van der Waals surface area contributed by atoms with Gasteiger partial charge in [-0.05, 0) is 76.8 Å². The molecule has 3 nitrogen and oxygen atoms in total. The zero-order valence-corrected chi connectivity index (χ0v) is 27.3. The first-order valence-corrected chi connectivity index (χ1v) is 17.4. The Hall–Kier alpha value is -6.23. The summed E-state index contributed by atoms with van der Waals surface area (Å²) in [6.45, 7) is 0. The van der Waals surface area contributed by atoms with E-state index < -0.39 is 0 Å². The number of hydrogen-bond acceptors (Lipinski definition) is 3. The van der Waals surface area contributed by atoms with Crippen LogP contribution in [0.4, 0.5) is 17.1 Å². The highest BCUT2D eigenvalue weighted by Gasteiger charge is 2.19. The van der Waals surface area contributed by atoms with Crippen LogP contribution in [0.5, 0.6) is 0 Å². The van der Waals surface area contributed by atoms with Gasteiger partial charge in [0.25, 0.3) is 0 Å². The number of para-hydroxylation sites is 3. The lowest BCUT2D eigenvalue weighted by molar-refractivity contribution is 1.18. The van der Waals surface area contributed by atoms with Gasteiger partial charge in [-0.2, -0.15) is 0 Å². The molecule has 0 unspecified atom stereocenters. The summed E-state index contributed by atoms with van der Waals surface area (Å²) in [6, 6.07) is 63.2. The van der Waals surface area contributed by atoms with Crippen molar-refractivity contribution in [3.63, 3.8) is 0 Å². The van der Waals surface area contributed by atoms with Crippen molar-refractivity contribution >= 4 is 82.0 Å². The molecular weight excluding hydrogens is 615 g/mol. The number of anilines is 3. The van der Waals surface area contributed by atoms with Gasteiger partial charge in [0.05, 0.1) is 21.3 Å². The Balaban J connectivity index is 1.22. The second kappa shape index (κ2) is 11.2. The molecule has 0 saturated carbocycles. The molecule has 0 saturated heterocycles. The molecule has 0 aliphatic carbocycles.